The Labute approximate surface area is 125 Å². The summed E-state index contributed by atoms with van der Waals surface area (Å²) in [5.41, 5.74) is 8.47. The van der Waals surface area contributed by atoms with Gasteiger partial charge in [0.2, 0.25) is 0 Å². The van der Waals surface area contributed by atoms with Crippen molar-refractivity contribution in [2.24, 2.45) is 0 Å². The molecule has 5 heteroatoms. The molecule has 2 N–H and O–H groups in total. The molecule has 0 aliphatic carbocycles. The molecular formula is C15H14BrN3O. The van der Waals surface area contributed by atoms with Gasteiger partial charge in [-0.15, -0.1) is 0 Å². The molecule has 102 valence electrons. The second-order valence-electron chi connectivity index (χ2n) is 4.63. The Bertz CT molecular complexity index is 745. The van der Waals surface area contributed by atoms with E-state index in [1.54, 1.807) is 0 Å². The van der Waals surface area contributed by atoms with Crippen molar-refractivity contribution in [2.75, 3.05) is 5.73 Å². The van der Waals surface area contributed by atoms with Crippen LogP contribution in [0.5, 0.6) is 0 Å². The molecule has 1 aromatic carbocycles. The Morgan fingerprint density at radius 2 is 2.05 bits per heavy atom. The van der Waals surface area contributed by atoms with E-state index in [0.717, 1.165) is 15.8 Å². The van der Waals surface area contributed by atoms with E-state index in [2.05, 4.69) is 27.1 Å². The second-order valence-corrected chi connectivity index (χ2v) is 5.49. The Morgan fingerprint density at radius 1 is 1.25 bits per heavy atom. The summed E-state index contributed by atoms with van der Waals surface area (Å²) in [4.78, 5) is 0. The quantitative estimate of drug-likeness (QED) is 0.793. The number of nitrogens with zero attached hydrogens (tertiary/aromatic N) is 2. The maximum absolute atomic E-state index is 6.02. The Morgan fingerprint density at radius 3 is 2.75 bits per heavy atom. The van der Waals surface area contributed by atoms with Crippen LogP contribution < -0.4 is 5.73 Å². The molecule has 0 bridgehead atoms. The van der Waals surface area contributed by atoms with Crippen LogP contribution in [0.25, 0.3) is 11.5 Å². The van der Waals surface area contributed by atoms with Gasteiger partial charge in [0.05, 0.1) is 12.2 Å². The number of aromatic nitrogens is 2. The van der Waals surface area contributed by atoms with E-state index in [9.17, 15) is 0 Å². The van der Waals surface area contributed by atoms with Crippen molar-refractivity contribution in [2.45, 2.75) is 13.5 Å². The van der Waals surface area contributed by atoms with Crippen LogP contribution in [-0.4, -0.2) is 9.78 Å². The van der Waals surface area contributed by atoms with Gasteiger partial charge in [0, 0.05) is 10.7 Å². The smallest absolute Gasteiger partial charge is 0.156 e. The molecule has 3 rings (SSSR count). The van der Waals surface area contributed by atoms with Crippen molar-refractivity contribution in [1.82, 2.24) is 9.78 Å². The van der Waals surface area contributed by atoms with Crippen molar-refractivity contribution in [1.29, 1.82) is 0 Å². The lowest BCUT2D eigenvalue weighted by molar-refractivity contribution is 0.544. The normalized spacial score (nSPS) is 10.9. The molecule has 3 aromatic rings. The first kappa shape index (κ1) is 13.0. The van der Waals surface area contributed by atoms with Gasteiger partial charge < -0.3 is 10.2 Å². The van der Waals surface area contributed by atoms with Crippen LogP contribution in [0.3, 0.4) is 0 Å². The number of hydrogen-bond acceptors (Lipinski definition) is 3. The van der Waals surface area contributed by atoms with Crippen molar-refractivity contribution >= 4 is 21.6 Å². The van der Waals surface area contributed by atoms with Gasteiger partial charge in [-0.3, -0.25) is 4.68 Å². The van der Waals surface area contributed by atoms with Crippen LogP contribution in [-0.2, 0) is 6.54 Å². The number of aryl methyl sites for hydroxylation is 1. The van der Waals surface area contributed by atoms with Gasteiger partial charge in [0.1, 0.15) is 5.76 Å². The number of furan rings is 1. The first-order valence-electron chi connectivity index (χ1n) is 6.26. The van der Waals surface area contributed by atoms with E-state index in [1.165, 1.54) is 0 Å². The molecule has 20 heavy (non-hydrogen) atoms. The average molecular weight is 332 g/mol. The maximum atomic E-state index is 6.02. The van der Waals surface area contributed by atoms with Gasteiger partial charge in [0.25, 0.3) is 0 Å². The summed E-state index contributed by atoms with van der Waals surface area (Å²) in [5, 5.41) is 4.51. The molecule has 0 fully saturated rings. The SMILES string of the molecule is Cc1ccc(-c2nn(Cc3ccccc3Br)cc2N)o1. The number of benzene rings is 1. The maximum Gasteiger partial charge on any atom is 0.156 e. The van der Waals surface area contributed by atoms with E-state index in [0.29, 0.717) is 23.7 Å². The van der Waals surface area contributed by atoms with Crippen molar-refractivity contribution in [3.05, 3.63) is 58.4 Å². The van der Waals surface area contributed by atoms with Crippen molar-refractivity contribution < 1.29 is 4.42 Å². The summed E-state index contributed by atoms with van der Waals surface area (Å²) >= 11 is 3.54. The highest BCUT2D eigenvalue weighted by Gasteiger charge is 2.12. The molecule has 0 saturated carbocycles. The van der Waals surface area contributed by atoms with Gasteiger partial charge in [-0.05, 0) is 30.7 Å². The summed E-state index contributed by atoms with van der Waals surface area (Å²) in [6.07, 6.45) is 1.83. The van der Waals surface area contributed by atoms with E-state index in [-0.39, 0.29) is 0 Å². The van der Waals surface area contributed by atoms with Gasteiger partial charge in [-0.2, -0.15) is 5.10 Å². The molecule has 0 radical (unpaired) electrons. The topological polar surface area (TPSA) is 57.0 Å². The summed E-state index contributed by atoms with van der Waals surface area (Å²) in [5.74, 6) is 1.55. The highest BCUT2D eigenvalue weighted by Crippen LogP contribution is 2.26. The number of hydrogen-bond donors (Lipinski definition) is 1. The highest BCUT2D eigenvalue weighted by molar-refractivity contribution is 9.10. The minimum Gasteiger partial charge on any atom is -0.460 e. The summed E-state index contributed by atoms with van der Waals surface area (Å²) in [6.45, 7) is 2.56. The molecule has 0 amide bonds. The fraction of sp³-hybridized carbons (Fsp3) is 0.133. The van der Waals surface area contributed by atoms with Crippen LogP contribution in [0.4, 0.5) is 5.69 Å². The molecule has 0 atom stereocenters. The number of anilines is 1. The van der Waals surface area contributed by atoms with Gasteiger partial charge in [-0.25, -0.2) is 0 Å². The molecule has 0 saturated heterocycles. The lowest BCUT2D eigenvalue weighted by atomic mass is 10.2. The Balaban J connectivity index is 1.91. The third-order valence-corrected chi connectivity index (χ3v) is 3.83. The lowest BCUT2D eigenvalue weighted by Gasteiger charge is -2.03. The largest absolute Gasteiger partial charge is 0.460 e. The molecule has 0 unspecified atom stereocenters. The van der Waals surface area contributed by atoms with E-state index in [1.807, 2.05) is 48.1 Å². The van der Waals surface area contributed by atoms with Gasteiger partial charge in [-0.1, -0.05) is 34.1 Å². The minimum atomic E-state index is 0.617. The minimum absolute atomic E-state index is 0.617. The average Bonchev–Trinajstić information content (AvgIpc) is 2.98. The predicted octanol–water partition coefficient (Wildman–Crippen LogP) is 3.84. The van der Waals surface area contributed by atoms with E-state index >= 15 is 0 Å². The Hall–Kier alpha value is -2.01. The monoisotopic (exact) mass is 331 g/mol. The molecular weight excluding hydrogens is 318 g/mol. The molecule has 2 heterocycles. The van der Waals surface area contributed by atoms with Crippen LogP contribution in [0, 0.1) is 6.92 Å². The van der Waals surface area contributed by atoms with Crippen molar-refractivity contribution in [3.63, 3.8) is 0 Å². The van der Waals surface area contributed by atoms with E-state index in [4.69, 9.17) is 10.2 Å². The zero-order valence-corrected chi connectivity index (χ0v) is 12.6. The number of nitrogen functional groups attached to an aromatic ring is 1. The zero-order chi connectivity index (χ0) is 14.1. The lowest BCUT2D eigenvalue weighted by Crippen LogP contribution is -2.00. The van der Waals surface area contributed by atoms with Gasteiger partial charge >= 0.3 is 0 Å². The van der Waals surface area contributed by atoms with Crippen LogP contribution in [0.1, 0.15) is 11.3 Å². The molecule has 0 aliphatic rings. The van der Waals surface area contributed by atoms with E-state index < -0.39 is 0 Å². The summed E-state index contributed by atoms with van der Waals surface area (Å²) in [6, 6.07) is 11.8. The van der Waals surface area contributed by atoms with Crippen LogP contribution in [0.15, 0.2) is 51.5 Å². The summed E-state index contributed by atoms with van der Waals surface area (Å²) < 4.78 is 8.45. The van der Waals surface area contributed by atoms with Crippen LogP contribution in [0.2, 0.25) is 0 Å². The first-order chi connectivity index (χ1) is 9.63. The molecule has 0 spiro atoms. The first-order valence-corrected chi connectivity index (χ1v) is 7.06. The standard InChI is InChI=1S/C15H14BrN3O/c1-10-6-7-14(20-10)15-13(17)9-19(18-15)8-11-4-2-3-5-12(11)16/h2-7,9H,8,17H2,1H3. The third kappa shape index (κ3) is 2.49. The molecule has 2 aromatic heterocycles. The fourth-order valence-corrected chi connectivity index (χ4v) is 2.48. The Kier molecular flexibility index (Phi) is 3.36. The van der Waals surface area contributed by atoms with Crippen LogP contribution >= 0.6 is 15.9 Å². The molecule has 0 aliphatic heterocycles. The predicted molar refractivity (Wildman–Crippen MR) is 82.3 cm³/mol. The highest BCUT2D eigenvalue weighted by atomic mass is 79.9. The zero-order valence-electron chi connectivity index (χ0n) is 11.0. The molecule has 4 nitrogen and oxygen atoms in total. The summed E-state index contributed by atoms with van der Waals surface area (Å²) in [7, 11) is 0. The van der Waals surface area contributed by atoms with Crippen molar-refractivity contribution in [3.8, 4) is 11.5 Å². The second kappa shape index (κ2) is 5.17. The van der Waals surface area contributed by atoms with Gasteiger partial charge in [0.15, 0.2) is 11.5 Å². The number of halogens is 1. The number of rotatable bonds is 3. The fourth-order valence-electron chi connectivity index (χ4n) is 2.07. The third-order valence-electron chi connectivity index (χ3n) is 3.05. The number of nitrogens with two attached hydrogens (primary N) is 1.